The third-order valence-corrected chi connectivity index (χ3v) is 1.14. The van der Waals surface area contributed by atoms with E-state index in [1.54, 1.807) is 0 Å². The molecule has 0 atom stereocenters. The highest BCUT2D eigenvalue weighted by atomic mass is 16.4. The molecule has 0 aliphatic rings. The summed E-state index contributed by atoms with van der Waals surface area (Å²) in [7, 11) is 0. The minimum absolute atomic E-state index is 0.523. The molecule has 12 heavy (non-hydrogen) atoms. The van der Waals surface area contributed by atoms with E-state index in [0.717, 1.165) is 6.20 Å². The van der Waals surface area contributed by atoms with Crippen molar-refractivity contribution in [3.05, 3.63) is 24.3 Å². The van der Waals surface area contributed by atoms with E-state index in [4.69, 9.17) is 10.2 Å². The lowest BCUT2D eigenvalue weighted by Crippen LogP contribution is -2.47. The molecule has 2 N–H and O–H groups in total. The molecule has 1 aromatic heterocycles. The Balaban J connectivity index is 3.27. The fraction of sp³-hybridized carbons (Fsp3) is 0. The molecular formula is C6H5N2O4+. The second-order valence-corrected chi connectivity index (χ2v) is 1.90. The zero-order chi connectivity index (χ0) is 9.14. The van der Waals surface area contributed by atoms with Crippen molar-refractivity contribution in [2.75, 3.05) is 0 Å². The molecule has 0 spiro atoms. The number of aromatic carboxylic acids is 1. The lowest BCUT2D eigenvalue weighted by Gasteiger charge is -1.91. The number of hydrogen-bond acceptors (Lipinski definition) is 3. The summed E-state index contributed by atoms with van der Waals surface area (Å²) in [6, 6.07) is 1.33. The summed E-state index contributed by atoms with van der Waals surface area (Å²) < 4.78 is 0.530. The van der Waals surface area contributed by atoms with Crippen LogP contribution in [0.15, 0.2) is 18.5 Å². The predicted octanol–water partition coefficient (Wildman–Crippen LogP) is -0.407. The highest BCUT2D eigenvalue weighted by molar-refractivity contribution is 5.82. The number of carboxylic acids is 1. The highest BCUT2D eigenvalue weighted by Crippen LogP contribution is 1.84. The number of aromatic nitrogens is 2. The van der Waals surface area contributed by atoms with Gasteiger partial charge < -0.3 is 10.2 Å². The first-order chi connectivity index (χ1) is 5.63. The fourth-order valence-electron chi connectivity index (χ4n) is 0.684. The third-order valence-electron chi connectivity index (χ3n) is 1.14. The molecule has 0 radical (unpaired) electrons. The molecule has 0 unspecified atom stereocenters. The molecule has 62 valence electrons. The molecule has 0 saturated carbocycles. The van der Waals surface area contributed by atoms with E-state index in [-0.39, 0.29) is 0 Å². The number of carbonyl (C=O) groups is 2. The van der Waals surface area contributed by atoms with Gasteiger partial charge in [-0.15, -0.1) is 4.57 Å². The molecule has 0 saturated heterocycles. The van der Waals surface area contributed by atoms with Gasteiger partial charge in [0.15, 0.2) is 0 Å². The summed E-state index contributed by atoms with van der Waals surface area (Å²) in [6.45, 7) is 0. The predicted molar refractivity (Wildman–Crippen MR) is 34.8 cm³/mol. The highest BCUT2D eigenvalue weighted by Gasteiger charge is 2.24. The van der Waals surface area contributed by atoms with Gasteiger partial charge in [0.25, 0.3) is 0 Å². The lowest BCUT2D eigenvalue weighted by atomic mass is 10.5. The minimum atomic E-state index is -1.38. The van der Waals surface area contributed by atoms with Crippen LogP contribution in [0.1, 0.15) is 10.6 Å². The maximum Gasteiger partial charge on any atom is 0.509 e. The molecule has 6 heteroatoms. The number of nitrogens with zero attached hydrogens (tertiary/aromatic N) is 2. The SMILES string of the molecule is O=C(O)c1nccc[n+]1C(=O)O. The second-order valence-electron chi connectivity index (χ2n) is 1.90. The van der Waals surface area contributed by atoms with Crippen LogP contribution in [0.5, 0.6) is 0 Å². The van der Waals surface area contributed by atoms with Gasteiger partial charge in [0.1, 0.15) is 12.4 Å². The first kappa shape index (κ1) is 8.12. The zero-order valence-electron chi connectivity index (χ0n) is 5.84. The summed E-state index contributed by atoms with van der Waals surface area (Å²) in [5, 5.41) is 16.9. The Kier molecular flexibility index (Phi) is 2.00. The molecule has 0 aromatic carbocycles. The molecule has 0 fully saturated rings. The summed E-state index contributed by atoms with van der Waals surface area (Å²) in [5.41, 5.74) is 0. The molecule has 6 nitrogen and oxygen atoms in total. The van der Waals surface area contributed by atoms with Crippen molar-refractivity contribution in [3.8, 4) is 0 Å². The van der Waals surface area contributed by atoms with Gasteiger partial charge in [0, 0.05) is 6.07 Å². The molecular weight excluding hydrogens is 164 g/mol. The van der Waals surface area contributed by atoms with Crippen molar-refractivity contribution < 1.29 is 24.4 Å². The van der Waals surface area contributed by atoms with Crippen LogP contribution in [0.25, 0.3) is 0 Å². The quantitative estimate of drug-likeness (QED) is 0.558. The van der Waals surface area contributed by atoms with Gasteiger partial charge in [-0.3, -0.25) is 0 Å². The van der Waals surface area contributed by atoms with Crippen LogP contribution >= 0.6 is 0 Å². The topological polar surface area (TPSA) is 91.4 Å². The summed E-state index contributed by atoms with van der Waals surface area (Å²) in [5.74, 6) is -1.90. The van der Waals surface area contributed by atoms with Crippen LogP contribution in [-0.2, 0) is 0 Å². The van der Waals surface area contributed by atoms with E-state index in [1.807, 2.05) is 0 Å². The molecule has 0 aliphatic heterocycles. The van der Waals surface area contributed by atoms with Crippen LogP contribution < -0.4 is 4.57 Å². The largest absolute Gasteiger partial charge is 0.509 e. The van der Waals surface area contributed by atoms with Gasteiger partial charge in [-0.25, -0.2) is 4.79 Å². The van der Waals surface area contributed by atoms with E-state index >= 15 is 0 Å². The maximum atomic E-state index is 10.4. The number of hydrogen-bond donors (Lipinski definition) is 2. The van der Waals surface area contributed by atoms with E-state index in [0.29, 0.717) is 4.57 Å². The average molecular weight is 169 g/mol. The Morgan fingerprint density at radius 2 is 2.08 bits per heavy atom. The van der Waals surface area contributed by atoms with Crippen LogP contribution in [0.2, 0.25) is 0 Å². The summed E-state index contributed by atoms with van der Waals surface area (Å²) in [6.07, 6.45) is 0.947. The first-order valence-corrected chi connectivity index (χ1v) is 2.96. The van der Waals surface area contributed by atoms with E-state index in [1.165, 1.54) is 12.3 Å². The fourth-order valence-corrected chi connectivity index (χ4v) is 0.684. The Labute approximate surface area is 66.7 Å². The zero-order valence-corrected chi connectivity index (χ0v) is 5.84. The van der Waals surface area contributed by atoms with E-state index < -0.39 is 17.9 Å². The first-order valence-electron chi connectivity index (χ1n) is 2.96. The van der Waals surface area contributed by atoms with E-state index in [9.17, 15) is 9.59 Å². The van der Waals surface area contributed by atoms with Gasteiger partial charge in [0.05, 0.1) is 0 Å². The Morgan fingerprint density at radius 3 is 2.50 bits per heavy atom. The molecule has 1 rings (SSSR count). The smallest absolute Gasteiger partial charge is 0.472 e. The monoisotopic (exact) mass is 169 g/mol. The van der Waals surface area contributed by atoms with Crippen molar-refractivity contribution in [1.29, 1.82) is 0 Å². The van der Waals surface area contributed by atoms with Crippen LogP contribution in [0.4, 0.5) is 4.79 Å². The lowest BCUT2D eigenvalue weighted by molar-refractivity contribution is -0.590. The van der Waals surface area contributed by atoms with Crippen molar-refractivity contribution in [2.24, 2.45) is 0 Å². The van der Waals surface area contributed by atoms with Crippen LogP contribution in [-0.4, -0.2) is 27.3 Å². The Morgan fingerprint density at radius 1 is 1.42 bits per heavy atom. The van der Waals surface area contributed by atoms with Crippen molar-refractivity contribution in [1.82, 2.24) is 4.98 Å². The summed E-state index contributed by atoms with van der Waals surface area (Å²) >= 11 is 0. The molecule has 1 heterocycles. The van der Waals surface area contributed by atoms with Crippen LogP contribution in [0, 0.1) is 0 Å². The van der Waals surface area contributed by atoms with Gasteiger partial charge in [-0.2, -0.15) is 4.79 Å². The number of carboxylic acid groups (broad SMARTS) is 2. The van der Waals surface area contributed by atoms with Gasteiger partial charge in [-0.05, 0) is 4.98 Å². The van der Waals surface area contributed by atoms with Crippen LogP contribution in [0.3, 0.4) is 0 Å². The van der Waals surface area contributed by atoms with Crippen molar-refractivity contribution >= 4 is 12.1 Å². The maximum absolute atomic E-state index is 10.4. The molecule has 0 aliphatic carbocycles. The van der Waals surface area contributed by atoms with Crippen molar-refractivity contribution in [2.45, 2.75) is 0 Å². The van der Waals surface area contributed by atoms with Gasteiger partial charge >= 0.3 is 17.9 Å². The normalized spacial score (nSPS) is 9.33. The molecule has 0 bridgehead atoms. The summed E-state index contributed by atoms with van der Waals surface area (Å²) in [4.78, 5) is 24.1. The van der Waals surface area contributed by atoms with E-state index in [2.05, 4.69) is 4.98 Å². The Bertz CT molecular complexity index is 303. The van der Waals surface area contributed by atoms with Gasteiger partial charge in [0.2, 0.25) is 0 Å². The molecule has 0 amide bonds. The minimum Gasteiger partial charge on any atom is -0.472 e. The Hall–Kier alpha value is -1.98. The number of rotatable bonds is 1. The third kappa shape index (κ3) is 1.36. The standard InChI is InChI=1S/C6H4N2O4/c9-5(10)4-7-2-1-3-8(4)6(11)12/h1-3H,(H-,9,10,11,12)/p+1. The average Bonchev–Trinajstić information content (AvgIpc) is 2.04. The van der Waals surface area contributed by atoms with Gasteiger partial charge in [-0.1, -0.05) is 0 Å². The second kappa shape index (κ2) is 2.95. The van der Waals surface area contributed by atoms with Crippen molar-refractivity contribution in [3.63, 3.8) is 0 Å². The molecule has 1 aromatic rings.